The van der Waals surface area contributed by atoms with Crippen molar-refractivity contribution in [3.05, 3.63) is 16.0 Å². The van der Waals surface area contributed by atoms with Crippen LogP contribution in [0.2, 0.25) is 0 Å². The number of nitrogens with one attached hydrogen (secondary N) is 3. The van der Waals surface area contributed by atoms with Crippen molar-refractivity contribution in [1.29, 1.82) is 0 Å². The molecule has 1 aliphatic carbocycles. The summed E-state index contributed by atoms with van der Waals surface area (Å²) in [5.41, 5.74) is 6.66. The Balaban J connectivity index is 1.99. The first-order valence-corrected chi connectivity index (χ1v) is 9.81. The zero-order valence-electron chi connectivity index (χ0n) is 16.0. The lowest BCUT2D eigenvalue weighted by molar-refractivity contribution is -0.881. The number of nitrogens with two attached hydrogens (primary N) is 1. The maximum atomic E-state index is 12.4. The zero-order chi connectivity index (χ0) is 19.5. The second-order valence-electron chi connectivity index (χ2n) is 7.73. The van der Waals surface area contributed by atoms with Gasteiger partial charge in [-0.15, -0.1) is 11.3 Å². The summed E-state index contributed by atoms with van der Waals surface area (Å²) in [5.74, 6) is -0.799. The van der Waals surface area contributed by atoms with Crippen molar-refractivity contribution in [2.24, 2.45) is 5.73 Å². The van der Waals surface area contributed by atoms with E-state index in [1.165, 1.54) is 11.3 Å². The fourth-order valence-electron chi connectivity index (χ4n) is 3.15. The number of carbonyl (C=O) groups is 3. The Kier molecular flexibility index (Phi) is 6.41. The zero-order valence-corrected chi connectivity index (χ0v) is 16.8. The summed E-state index contributed by atoms with van der Waals surface area (Å²) in [6, 6.07) is 0. The summed E-state index contributed by atoms with van der Waals surface area (Å²) in [4.78, 5) is 38.3. The molecule has 1 aliphatic rings. The van der Waals surface area contributed by atoms with E-state index in [9.17, 15) is 14.4 Å². The predicted molar refractivity (Wildman–Crippen MR) is 103 cm³/mol. The molecule has 1 aromatic rings. The Hall–Kier alpha value is -1.93. The van der Waals surface area contributed by atoms with E-state index in [4.69, 9.17) is 5.73 Å². The molecule has 5 N–H and O–H groups in total. The Bertz CT molecular complexity index is 706. The molecule has 8 heteroatoms. The first kappa shape index (κ1) is 20.4. The van der Waals surface area contributed by atoms with Crippen LogP contribution in [0.4, 0.5) is 5.00 Å². The molecule has 1 aromatic heterocycles. The summed E-state index contributed by atoms with van der Waals surface area (Å²) in [5, 5.41) is 6.28. The fraction of sp³-hybridized carbons (Fsp3) is 0.611. The minimum Gasteiger partial charge on any atom is -0.365 e. The smallest absolute Gasteiger partial charge is 0.280 e. The van der Waals surface area contributed by atoms with E-state index in [1.807, 2.05) is 27.7 Å². The second-order valence-corrected chi connectivity index (χ2v) is 8.83. The van der Waals surface area contributed by atoms with Gasteiger partial charge < -0.3 is 21.3 Å². The van der Waals surface area contributed by atoms with Gasteiger partial charge in [0.05, 0.1) is 12.1 Å². The first-order chi connectivity index (χ1) is 12.1. The highest BCUT2D eigenvalue weighted by Crippen LogP contribution is 2.38. The third-order valence-electron chi connectivity index (χ3n) is 4.26. The van der Waals surface area contributed by atoms with Gasteiger partial charge in [-0.25, -0.2) is 0 Å². The lowest BCUT2D eigenvalue weighted by Gasteiger charge is -2.23. The molecule has 0 radical (unpaired) electrons. The second kappa shape index (κ2) is 8.18. The Labute approximate surface area is 158 Å². The topological polar surface area (TPSA) is 106 Å². The van der Waals surface area contributed by atoms with Crippen molar-refractivity contribution in [2.75, 3.05) is 25.0 Å². The van der Waals surface area contributed by atoms with Gasteiger partial charge in [-0.2, -0.15) is 0 Å². The van der Waals surface area contributed by atoms with E-state index in [0.717, 1.165) is 34.6 Å². The van der Waals surface area contributed by atoms with E-state index in [2.05, 4.69) is 10.6 Å². The summed E-state index contributed by atoms with van der Waals surface area (Å²) < 4.78 is 0. The number of hydrogen-bond acceptors (Lipinski definition) is 4. The fourth-order valence-corrected chi connectivity index (χ4v) is 4.46. The van der Waals surface area contributed by atoms with Crippen LogP contribution in [-0.2, 0) is 22.4 Å². The molecule has 7 nitrogen and oxygen atoms in total. The van der Waals surface area contributed by atoms with Crippen molar-refractivity contribution >= 4 is 34.1 Å². The van der Waals surface area contributed by atoms with E-state index in [-0.39, 0.29) is 30.4 Å². The number of hydrogen-bond donors (Lipinski definition) is 4. The molecule has 26 heavy (non-hydrogen) atoms. The molecule has 0 bridgehead atoms. The highest BCUT2D eigenvalue weighted by atomic mass is 32.1. The Morgan fingerprint density at radius 3 is 2.38 bits per heavy atom. The minimum absolute atomic E-state index is 0.0879. The molecule has 0 saturated carbocycles. The first-order valence-electron chi connectivity index (χ1n) is 8.99. The molecule has 3 amide bonds. The average Bonchev–Trinajstić information content (AvgIpc) is 3.03. The molecule has 144 valence electrons. The maximum Gasteiger partial charge on any atom is 0.280 e. The number of amides is 3. The number of fused-ring (bicyclic) bond motifs is 1. The minimum atomic E-state index is -0.496. The molecule has 1 unspecified atom stereocenters. The van der Waals surface area contributed by atoms with Crippen LogP contribution >= 0.6 is 11.3 Å². The lowest BCUT2D eigenvalue weighted by Crippen LogP contribution is -3.14. The highest BCUT2D eigenvalue weighted by molar-refractivity contribution is 7.17. The van der Waals surface area contributed by atoms with Crippen molar-refractivity contribution in [3.8, 4) is 0 Å². The number of aryl methyl sites for hydroxylation is 1. The van der Waals surface area contributed by atoms with Gasteiger partial charge in [0.15, 0.2) is 13.1 Å². The molecule has 2 rings (SSSR count). The normalized spacial score (nSPS) is 14.6. The van der Waals surface area contributed by atoms with E-state index >= 15 is 0 Å². The molecular weight excluding hydrogens is 352 g/mol. The van der Waals surface area contributed by atoms with Crippen LogP contribution in [0.1, 0.15) is 54.9 Å². The van der Waals surface area contributed by atoms with Crippen molar-refractivity contribution < 1.29 is 19.3 Å². The Morgan fingerprint density at radius 1 is 1.15 bits per heavy atom. The van der Waals surface area contributed by atoms with Crippen LogP contribution in [0.25, 0.3) is 0 Å². The molecule has 1 heterocycles. The van der Waals surface area contributed by atoms with Crippen molar-refractivity contribution in [2.45, 2.75) is 52.5 Å². The Morgan fingerprint density at radius 2 is 1.81 bits per heavy atom. The van der Waals surface area contributed by atoms with Gasteiger partial charge in [0.25, 0.3) is 17.7 Å². The van der Waals surface area contributed by atoms with Crippen LogP contribution in [0, 0.1) is 0 Å². The van der Waals surface area contributed by atoms with Crippen molar-refractivity contribution in [1.82, 2.24) is 5.32 Å². The molecule has 0 aromatic carbocycles. The largest absolute Gasteiger partial charge is 0.365 e. The molecule has 0 fully saturated rings. The number of quaternary nitrogens is 1. The van der Waals surface area contributed by atoms with Crippen LogP contribution in [0.15, 0.2) is 0 Å². The quantitative estimate of drug-likeness (QED) is 0.538. The maximum absolute atomic E-state index is 12.4. The predicted octanol–water partition coefficient (Wildman–Crippen LogP) is 0.0937. The third kappa shape index (κ3) is 5.28. The van der Waals surface area contributed by atoms with E-state index < -0.39 is 5.91 Å². The number of primary amides is 1. The lowest BCUT2D eigenvalue weighted by atomic mass is 10.1. The monoisotopic (exact) mass is 381 g/mol. The van der Waals surface area contributed by atoms with Crippen LogP contribution in [0.5, 0.6) is 0 Å². The average molecular weight is 382 g/mol. The van der Waals surface area contributed by atoms with Crippen molar-refractivity contribution in [3.63, 3.8) is 0 Å². The molecule has 0 saturated heterocycles. The van der Waals surface area contributed by atoms with Gasteiger partial charge in [-0.3, -0.25) is 14.4 Å². The van der Waals surface area contributed by atoms with E-state index in [0.29, 0.717) is 17.1 Å². The summed E-state index contributed by atoms with van der Waals surface area (Å²) in [6.45, 7) is 8.73. The number of likely N-dealkylation sites (N-methyl/N-ethyl adjacent to an activating group) is 1. The number of rotatable bonds is 7. The van der Waals surface area contributed by atoms with E-state index in [1.54, 1.807) is 0 Å². The third-order valence-corrected chi connectivity index (χ3v) is 5.46. The van der Waals surface area contributed by atoms with Crippen LogP contribution < -0.4 is 21.3 Å². The highest BCUT2D eigenvalue weighted by Gasteiger charge is 2.27. The number of anilines is 1. The summed E-state index contributed by atoms with van der Waals surface area (Å²) in [6.07, 6.45) is 2.78. The SMILES string of the molecule is CC[NH+](CC(=O)Nc1sc2c(c1C(N)=O)CCC2)CC(=O)NC(C)(C)C. The molecular formula is C18H29N4O3S+. The van der Waals surface area contributed by atoms with Gasteiger partial charge in [0.2, 0.25) is 0 Å². The molecule has 0 aliphatic heterocycles. The van der Waals surface area contributed by atoms with Gasteiger partial charge in [-0.05, 0) is 52.5 Å². The standard InChI is InChI=1S/C18H28N4O3S/c1-5-22(10-14(24)21-18(2,3)4)9-13(23)20-17-15(16(19)25)11-7-6-8-12(11)26-17/h5-10H2,1-4H3,(H2,19,25)(H,20,23)(H,21,24)/p+1. The summed E-state index contributed by atoms with van der Waals surface area (Å²) in [7, 11) is 0. The van der Waals surface area contributed by atoms with Gasteiger partial charge >= 0.3 is 0 Å². The summed E-state index contributed by atoms with van der Waals surface area (Å²) >= 11 is 1.44. The van der Waals surface area contributed by atoms with Crippen LogP contribution in [0.3, 0.4) is 0 Å². The molecule has 0 spiro atoms. The number of thiophene rings is 1. The van der Waals surface area contributed by atoms with Crippen LogP contribution in [-0.4, -0.2) is 42.9 Å². The van der Waals surface area contributed by atoms with Gasteiger partial charge in [0.1, 0.15) is 5.00 Å². The number of carbonyl (C=O) groups excluding carboxylic acids is 3. The molecule has 1 atom stereocenters. The van der Waals surface area contributed by atoms with Gasteiger partial charge in [0, 0.05) is 10.4 Å². The van der Waals surface area contributed by atoms with Gasteiger partial charge in [-0.1, -0.05) is 0 Å².